The minimum absolute atomic E-state index is 0.357. The summed E-state index contributed by atoms with van der Waals surface area (Å²) in [6.07, 6.45) is 1.65. The van der Waals surface area contributed by atoms with E-state index in [-0.39, 0.29) is 0 Å². The first-order chi connectivity index (χ1) is 10.4. The molecule has 1 saturated heterocycles. The van der Waals surface area contributed by atoms with Crippen LogP contribution >= 0.6 is 11.8 Å². The molecule has 1 N–H and O–H groups in total. The van der Waals surface area contributed by atoms with E-state index in [4.69, 9.17) is 0 Å². The maximum absolute atomic E-state index is 10.7. The first-order valence-electron chi connectivity index (χ1n) is 7.94. The van der Waals surface area contributed by atoms with Crippen LogP contribution in [0, 0.1) is 13.8 Å². The van der Waals surface area contributed by atoms with Crippen LogP contribution in [-0.2, 0) is 0 Å². The summed E-state index contributed by atoms with van der Waals surface area (Å²) in [7, 11) is 0. The van der Waals surface area contributed by atoms with Crippen molar-refractivity contribution in [2.24, 2.45) is 0 Å². The van der Waals surface area contributed by atoms with E-state index in [9.17, 15) is 5.11 Å². The lowest BCUT2D eigenvalue weighted by Crippen LogP contribution is -2.32. The maximum Gasteiger partial charge on any atom is 0.0647 e. The third kappa shape index (κ3) is 3.56. The highest BCUT2D eigenvalue weighted by molar-refractivity contribution is 7.99. The van der Waals surface area contributed by atoms with Crippen LogP contribution in [0.2, 0.25) is 0 Å². The van der Waals surface area contributed by atoms with Crippen molar-refractivity contribution >= 4 is 11.8 Å². The van der Waals surface area contributed by atoms with E-state index in [1.807, 2.05) is 18.7 Å². The van der Waals surface area contributed by atoms with E-state index < -0.39 is 5.60 Å². The Balaban J connectivity index is 1.86. The number of aliphatic hydroxyl groups is 1. The first-order valence-corrected chi connectivity index (χ1v) is 8.88. The molecule has 1 aliphatic heterocycles. The third-order valence-electron chi connectivity index (χ3n) is 4.48. The number of aryl methyl sites for hydroxylation is 2. The van der Waals surface area contributed by atoms with Crippen molar-refractivity contribution in [3.05, 3.63) is 70.8 Å². The van der Waals surface area contributed by atoms with E-state index in [2.05, 4.69) is 62.4 Å². The van der Waals surface area contributed by atoms with E-state index in [1.165, 1.54) is 22.3 Å². The maximum atomic E-state index is 10.7. The van der Waals surface area contributed by atoms with Crippen LogP contribution in [0.4, 0.5) is 0 Å². The normalized spacial score (nSPS) is 28.5. The Labute approximate surface area is 137 Å². The fraction of sp³-hybridized carbons (Fsp3) is 0.400. The van der Waals surface area contributed by atoms with Gasteiger partial charge in [-0.3, -0.25) is 0 Å². The van der Waals surface area contributed by atoms with Gasteiger partial charge >= 0.3 is 0 Å². The second kappa shape index (κ2) is 6.10. The Hall–Kier alpha value is -1.25. The molecule has 116 valence electrons. The molecule has 3 rings (SSSR count). The fourth-order valence-electron chi connectivity index (χ4n) is 3.13. The van der Waals surface area contributed by atoms with Gasteiger partial charge in [-0.2, -0.15) is 0 Å². The Bertz CT molecular complexity index is 572. The van der Waals surface area contributed by atoms with Crippen molar-refractivity contribution in [3.8, 4) is 0 Å². The summed E-state index contributed by atoms with van der Waals surface area (Å²) < 4.78 is 0. The van der Waals surface area contributed by atoms with Crippen molar-refractivity contribution in [3.63, 3.8) is 0 Å². The molecule has 2 heteroatoms. The molecule has 1 aliphatic rings. The predicted molar refractivity (Wildman–Crippen MR) is 95.3 cm³/mol. The highest BCUT2D eigenvalue weighted by Gasteiger charge is 2.37. The minimum Gasteiger partial charge on any atom is -0.390 e. The third-order valence-corrected chi connectivity index (χ3v) is 6.01. The first kappa shape index (κ1) is 15.6. The molecular formula is C20H24OS. The van der Waals surface area contributed by atoms with Crippen molar-refractivity contribution in [2.75, 3.05) is 0 Å². The number of thioether (sulfide) groups is 1. The minimum atomic E-state index is -0.601. The molecule has 2 atom stereocenters. The van der Waals surface area contributed by atoms with Gasteiger partial charge in [0.05, 0.1) is 5.60 Å². The van der Waals surface area contributed by atoms with Gasteiger partial charge < -0.3 is 5.11 Å². The Kier molecular flexibility index (Phi) is 4.33. The van der Waals surface area contributed by atoms with Gasteiger partial charge in [0.2, 0.25) is 0 Å². The largest absolute Gasteiger partial charge is 0.390 e. The van der Waals surface area contributed by atoms with Gasteiger partial charge in [-0.05, 0) is 44.7 Å². The predicted octanol–water partition coefficient (Wildman–Crippen LogP) is 5.36. The Morgan fingerprint density at radius 1 is 0.818 bits per heavy atom. The van der Waals surface area contributed by atoms with Crippen LogP contribution in [0.25, 0.3) is 0 Å². The zero-order valence-electron chi connectivity index (χ0n) is 13.5. The van der Waals surface area contributed by atoms with Crippen molar-refractivity contribution in [1.82, 2.24) is 0 Å². The molecule has 0 bridgehead atoms. The summed E-state index contributed by atoms with van der Waals surface area (Å²) in [6.45, 7) is 6.21. The highest BCUT2D eigenvalue weighted by Crippen LogP contribution is 2.53. The van der Waals surface area contributed by atoms with Gasteiger partial charge in [0.15, 0.2) is 0 Å². The summed E-state index contributed by atoms with van der Waals surface area (Å²) >= 11 is 1.99. The van der Waals surface area contributed by atoms with Gasteiger partial charge in [-0.1, -0.05) is 59.7 Å². The second-order valence-electron chi connectivity index (χ2n) is 6.84. The van der Waals surface area contributed by atoms with Gasteiger partial charge in [-0.15, -0.1) is 11.8 Å². The molecule has 0 unspecified atom stereocenters. The fourth-order valence-corrected chi connectivity index (χ4v) is 5.07. The smallest absolute Gasteiger partial charge is 0.0647 e. The Morgan fingerprint density at radius 2 is 1.18 bits per heavy atom. The molecule has 2 aromatic carbocycles. The summed E-state index contributed by atoms with van der Waals surface area (Å²) in [5.74, 6) is 0. The van der Waals surface area contributed by atoms with Gasteiger partial charge in [0.25, 0.3) is 0 Å². The standard InChI is InChI=1S/C20H24OS/c1-14-4-8-16(9-5-14)18-12-20(3,21)13-19(22-18)17-10-6-15(2)7-11-17/h4-11,18-19,21H,12-13H2,1-3H3/t18-,19-/m0/s1. The van der Waals surface area contributed by atoms with Crippen molar-refractivity contribution in [2.45, 2.75) is 49.7 Å². The molecule has 22 heavy (non-hydrogen) atoms. The molecule has 1 heterocycles. The van der Waals surface area contributed by atoms with Gasteiger partial charge in [0, 0.05) is 10.5 Å². The van der Waals surface area contributed by atoms with Gasteiger partial charge in [0.1, 0.15) is 0 Å². The number of benzene rings is 2. The van der Waals surface area contributed by atoms with Crippen LogP contribution in [0.15, 0.2) is 48.5 Å². The van der Waals surface area contributed by atoms with E-state index >= 15 is 0 Å². The van der Waals surface area contributed by atoms with E-state index in [0.717, 1.165) is 12.8 Å². The zero-order valence-corrected chi connectivity index (χ0v) is 14.4. The molecule has 1 fully saturated rings. The monoisotopic (exact) mass is 312 g/mol. The molecule has 0 aromatic heterocycles. The summed E-state index contributed by atoms with van der Waals surface area (Å²) in [5, 5.41) is 11.4. The lowest BCUT2D eigenvalue weighted by atomic mass is 9.89. The molecule has 0 radical (unpaired) electrons. The van der Waals surface area contributed by atoms with Crippen LogP contribution < -0.4 is 0 Å². The molecule has 0 aliphatic carbocycles. The molecule has 0 saturated carbocycles. The van der Waals surface area contributed by atoms with E-state index in [0.29, 0.717) is 10.5 Å². The molecule has 0 amide bonds. The highest BCUT2D eigenvalue weighted by atomic mass is 32.2. The summed E-state index contributed by atoms with van der Waals surface area (Å²) in [6, 6.07) is 17.5. The Morgan fingerprint density at radius 3 is 1.55 bits per heavy atom. The molecule has 1 nitrogen and oxygen atoms in total. The summed E-state index contributed by atoms with van der Waals surface area (Å²) in [5.41, 5.74) is 4.62. The lowest BCUT2D eigenvalue weighted by Gasteiger charge is -2.39. The number of rotatable bonds is 2. The van der Waals surface area contributed by atoms with E-state index in [1.54, 1.807) is 0 Å². The second-order valence-corrected chi connectivity index (χ2v) is 8.25. The number of hydrogen-bond donors (Lipinski definition) is 1. The molecular weight excluding hydrogens is 288 g/mol. The van der Waals surface area contributed by atoms with Crippen LogP contribution in [-0.4, -0.2) is 10.7 Å². The SMILES string of the molecule is Cc1ccc([C@@H]2CC(C)(O)C[C@@H](c3ccc(C)cc3)S2)cc1. The van der Waals surface area contributed by atoms with Crippen molar-refractivity contribution in [1.29, 1.82) is 0 Å². The zero-order chi connectivity index (χ0) is 15.7. The van der Waals surface area contributed by atoms with Gasteiger partial charge in [-0.25, -0.2) is 0 Å². The van der Waals surface area contributed by atoms with Crippen LogP contribution in [0.1, 0.15) is 52.5 Å². The average molecular weight is 312 g/mol. The topological polar surface area (TPSA) is 20.2 Å². The molecule has 0 spiro atoms. The number of hydrogen-bond acceptors (Lipinski definition) is 2. The van der Waals surface area contributed by atoms with Crippen molar-refractivity contribution < 1.29 is 5.11 Å². The molecule has 2 aromatic rings. The van der Waals surface area contributed by atoms with Crippen LogP contribution in [0.3, 0.4) is 0 Å². The van der Waals surface area contributed by atoms with Crippen LogP contribution in [0.5, 0.6) is 0 Å². The quantitative estimate of drug-likeness (QED) is 0.805. The summed E-state index contributed by atoms with van der Waals surface area (Å²) in [4.78, 5) is 0. The average Bonchev–Trinajstić information content (AvgIpc) is 2.47. The lowest BCUT2D eigenvalue weighted by molar-refractivity contribution is 0.0365.